The van der Waals surface area contributed by atoms with E-state index in [1.54, 1.807) is 0 Å². The second-order valence-electron chi connectivity index (χ2n) is 6.31. The molecule has 3 aliphatic rings. The third-order valence-electron chi connectivity index (χ3n) is 5.05. The fraction of sp³-hybridized carbons (Fsp3) is 0.412. The second-order valence-corrected chi connectivity index (χ2v) is 6.31. The van der Waals surface area contributed by atoms with E-state index in [1.165, 1.54) is 10.5 Å². The monoisotopic (exact) mass is 282 g/mol. The molecule has 0 radical (unpaired) electrons. The van der Waals surface area contributed by atoms with Crippen LogP contribution in [0.2, 0.25) is 0 Å². The van der Waals surface area contributed by atoms with E-state index in [-0.39, 0.29) is 42.2 Å². The Hall–Kier alpha value is -2.10. The molecule has 4 heteroatoms. The Kier molecular flexibility index (Phi) is 2.67. The summed E-state index contributed by atoms with van der Waals surface area (Å²) < 4.78 is 0. The molecule has 0 aromatic heterocycles. The van der Waals surface area contributed by atoms with Crippen LogP contribution in [-0.4, -0.2) is 23.4 Å². The summed E-state index contributed by atoms with van der Waals surface area (Å²) in [6, 6.07) is 7.95. The van der Waals surface area contributed by atoms with Crippen molar-refractivity contribution in [2.45, 2.75) is 13.3 Å². The van der Waals surface area contributed by atoms with Gasteiger partial charge < -0.3 is 5.32 Å². The molecule has 2 amide bonds. The molecule has 1 saturated carbocycles. The number of amides is 2. The normalized spacial score (nSPS) is 32.9. The number of carbonyl (C=O) groups excluding carboxylic acids is 2. The van der Waals surface area contributed by atoms with Gasteiger partial charge in [0.1, 0.15) is 0 Å². The summed E-state index contributed by atoms with van der Waals surface area (Å²) in [5.41, 5.74) is 2.12. The number of nitrogens with one attached hydrogen (secondary N) is 1. The summed E-state index contributed by atoms with van der Waals surface area (Å²) in [5.74, 6) is 0.351. The van der Waals surface area contributed by atoms with Gasteiger partial charge in [-0.05, 0) is 37.3 Å². The minimum Gasteiger partial charge on any atom is -0.367 e. The molecule has 2 bridgehead atoms. The number of carbonyl (C=O) groups is 2. The zero-order chi connectivity index (χ0) is 14.6. The summed E-state index contributed by atoms with van der Waals surface area (Å²) in [6.45, 7) is 2.30. The highest BCUT2D eigenvalue weighted by molar-refractivity contribution is 6.06. The van der Waals surface area contributed by atoms with E-state index >= 15 is 0 Å². The van der Waals surface area contributed by atoms with Crippen LogP contribution < -0.4 is 5.32 Å². The molecule has 1 heterocycles. The van der Waals surface area contributed by atoms with Crippen molar-refractivity contribution in [3.05, 3.63) is 42.0 Å². The van der Waals surface area contributed by atoms with Gasteiger partial charge in [-0.3, -0.25) is 14.5 Å². The van der Waals surface area contributed by atoms with Gasteiger partial charge in [-0.2, -0.15) is 0 Å². The van der Waals surface area contributed by atoms with Crippen LogP contribution in [0.1, 0.15) is 12.0 Å². The predicted molar refractivity (Wildman–Crippen MR) is 79.2 cm³/mol. The summed E-state index contributed by atoms with van der Waals surface area (Å²) in [5, 5.41) is 3.18. The molecule has 1 saturated heterocycles. The number of hydrogen-bond acceptors (Lipinski definition) is 3. The largest absolute Gasteiger partial charge is 0.367 e. The van der Waals surface area contributed by atoms with Crippen LogP contribution in [0.4, 0.5) is 5.69 Å². The quantitative estimate of drug-likeness (QED) is 0.683. The van der Waals surface area contributed by atoms with E-state index in [9.17, 15) is 9.59 Å². The van der Waals surface area contributed by atoms with Gasteiger partial charge in [0.25, 0.3) is 0 Å². The Labute approximate surface area is 123 Å². The van der Waals surface area contributed by atoms with Gasteiger partial charge in [0.05, 0.1) is 18.5 Å². The van der Waals surface area contributed by atoms with E-state index in [0.29, 0.717) is 0 Å². The minimum absolute atomic E-state index is 0.00135. The van der Waals surface area contributed by atoms with Gasteiger partial charge in [0, 0.05) is 5.69 Å². The summed E-state index contributed by atoms with van der Waals surface area (Å²) >= 11 is 0. The zero-order valence-corrected chi connectivity index (χ0v) is 12.0. The van der Waals surface area contributed by atoms with Crippen LogP contribution in [0.15, 0.2) is 36.4 Å². The van der Waals surface area contributed by atoms with Crippen molar-refractivity contribution in [3.8, 4) is 0 Å². The van der Waals surface area contributed by atoms with E-state index in [0.717, 1.165) is 12.1 Å². The van der Waals surface area contributed by atoms with E-state index in [1.807, 2.05) is 31.2 Å². The molecule has 108 valence electrons. The average Bonchev–Trinajstić information content (AvgIpc) is 3.14. The number of hydrogen-bond donors (Lipinski definition) is 1. The van der Waals surface area contributed by atoms with Crippen molar-refractivity contribution < 1.29 is 9.59 Å². The number of imide groups is 1. The van der Waals surface area contributed by atoms with Gasteiger partial charge >= 0.3 is 0 Å². The molecule has 0 spiro atoms. The van der Waals surface area contributed by atoms with Gasteiger partial charge in [0.15, 0.2) is 0 Å². The Bertz CT molecular complexity index is 605. The number of fused-ring (bicyclic) bond motifs is 5. The number of likely N-dealkylation sites (tertiary alicyclic amines) is 1. The minimum atomic E-state index is -0.104. The molecule has 1 aliphatic heterocycles. The van der Waals surface area contributed by atoms with Gasteiger partial charge in [0.2, 0.25) is 11.8 Å². The third kappa shape index (κ3) is 1.82. The molecular weight excluding hydrogens is 264 g/mol. The average molecular weight is 282 g/mol. The van der Waals surface area contributed by atoms with Crippen molar-refractivity contribution >= 4 is 17.5 Å². The van der Waals surface area contributed by atoms with Gasteiger partial charge in [-0.25, -0.2) is 0 Å². The van der Waals surface area contributed by atoms with Crippen LogP contribution >= 0.6 is 0 Å². The number of anilines is 1. The molecule has 2 aliphatic carbocycles. The first-order chi connectivity index (χ1) is 10.1. The van der Waals surface area contributed by atoms with Crippen LogP contribution in [0.25, 0.3) is 0 Å². The van der Waals surface area contributed by atoms with Crippen LogP contribution in [0.5, 0.6) is 0 Å². The molecule has 1 aromatic carbocycles. The highest BCUT2D eigenvalue weighted by Gasteiger charge is 2.59. The van der Waals surface area contributed by atoms with Crippen LogP contribution in [-0.2, 0) is 9.59 Å². The first-order valence-corrected chi connectivity index (χ1v) is 7.49. The molecule has 2 fully saturated rings. The highest BCUT2D eigenvalue weighted by Crippen LogP contribution is 2.52. The van der Waals surface area contributed by atoms with E-state index in [2.05, 4.69) is 17.5 Å². The zero-order valence-electron chi connectivity index (χ0n) is 12.0. The Morgan fingerprint density at radius 1 is 1.05 bits per heavy atom. The summed E-state index contributed by atoms with van der Waals surface area (Å²) in [4.78, 5) is 26.4. The maximum absolute atomic E-state index is 12.5. The van der Waals surface area contributed by atoms with Gasteiger partial charge in [-0.1, -0.05) is 29.8 Å². The van der Waals surface area contributed by atoms with E-state index < -0.39 is 0 Å². The number of aryl methyl sites for hydroxylation is 1. The van der Waals surface area contributed by atoms with Crippen molar-refractivity contribution in [3.63, 3.8) is 0 Å². The molecule has 1 N–H and O–H groups in total. The lowest BCUT2D eigenvalue weighted by molar-refractivity contribution is -0.140. The van der Waals surface area contributed by atoms with Crippen LogP contribution in [0, 0.1) is 30.6 Å². The Balaban J connectivity index is 1.48. The van der Waals surface area contributed by atoms with Crippen molar-refractivity contribution in [1.29, 1.82) is 0 Å². The fourth-order valence-electron chi connectivity index (χ4n) is 3.96. The van der Waals surface area contributed by atoms with Crippen LogP contribution in [0.3, 0.4) is 0 Å². The lowest BCUT2D eigenvalue weighted by atomic mass is 9.85. The Morgan fingerprint density at radius 3 is 2.19 bits per heavy atom. The van der Waals surface area contributed by atoms with Gasteiger partial charge in [-0.15, -0.1) is 0 Å². The Morgan fingerprint density at radius 2 is 1.62 bits per heavy atom. The first kappa shape index (κ1) is 12.6. The lowest BCUT2D eigenvalue weighted by Gasteiger charge is -2.18. The summed E-state index contributed by atoms with van der Waals surface area (Å²) in [6.07, 6.45) is 5.22. The maximum atomic E-state index is 12.5. The lowest BCUT2D eigenvalue weighted by Crippen LogP contribution is -2.37. The number of allylic oxidation sites excluding steroid dienone is 2. The molecule has 0 unspecified atom stereocenters. The molecule has 4 rings (SSSR count). The molecule has 21 heavy (non-hydrogen) atoms. The van der Waals surface area contributed by atoms with Crippen molar-refractivity contribution in [2.75, 3.05) is 12.0 Å². The van der Waals surface area contributed by atoms with Crippen molar-refractivity contribution in [1.82, 2.24) is 4.90 Å². The first-order valence-electron chi connectivity index (χ1n) is 7.49. The maximum Gasteiger partial charge on any atom is 0.235 e. The predicted octanol–water partition coefficient (Wildman–Crippen LogP) is 2.17. The SMILES string of the molecule is Cc1ccc(NCN2C(=O)[C@@H]3[C@@H](C2=O)[C@@H]2C=C[C@@H]3C2)cc1. The fourth-order valence-corrected chi connectivity index (χ4v) is 3.96. The topological polar surface area (TPSA) is 49.4 Å². The summed E-state index contributed by atoms with van der Waals surface area (Å²) in [7, 11) is 0. The molecule has 1 aromatic rings. The van der Waals surface area contributed by atoms with Crippen molar-refractivity contribution in [2.24, 2.45) is 23.7 Å². The molecule has 4 atom stereocenters. The van der Waals surface area contributed by atoms with E-state index in [4.69, 9.17) is 0 Å². The number of nitrogens with zero attached hydrogens (tertiary/aromatic N) is 1. The smallest absolute Gasteiger partial charge is 0.235 e. The number of rotatable bonds is 3. The molecular formula is C17H18N2O2. The second kappa shape index (κ2) is 4.45. The highest BCUT2D eigenvalue weighted by atomic mass is 16.2. The number of benzene rings is 1. The third-order valence-corrected chi connectivity index (χ3v) is 5.05. The molecule has 4 nitrogen and oxygen atoms in total. The standard InChI is InChI=1S/C17H18N2O2/c1-10-2-6-13(7-3-10)18-9-19-16(20)14-11-4-5-12(8-11)15(14)17(19)21/h2-7,11-12,14-15,18H,8-9H2,1H3/t11-,12-,14+,15+/m1/s1.